The van der Waals surface area contributed by atoms with E-state index in [4.69, 9.17) is 21.2 Å². The highest BCUT2D eigenvalue weighted by molar-refractivity contribution is 6.31. The van der Waals surface area contributed by atoms with E-state index in [0.717, 1.165) is 22.6 Å². The number of methoxy groups -OCH3 is 1. The Hall–Kier alpha value is -2.53. The van der Waals surface area contributed by atoms with Crippen LogP contribution < -0.4 is 4.74 Å². The summed E-state index contributed by atoms with van der Waals surface area (Å²) in [5.74, 6) is 0.866. The third-order valence-electron chi connectivity index (χ3n) is 4.55. The van der Waals surface area contributed by atoms with Crippen LogP contribution in [0.3, 0.4) is 0 Å². The van der Waals surface area contributed by atoms with Crippen LogP contribution in [0.25, 0.3) is 0 Å². The molecule has 0 saturated carbocycles. The largest absolute Gasteiger partial charge is 0.497 e. The van der Waals surface area contributed by atoms with E-state index >= 15 is 0 Å². The summed E-state index contributed by atoms with van der Waals surface area (Å²) < 4.78 is 5.18. The summed E-state index contributed by atoms with van der Waals surface area (Å²) in [4.78, 5) is 19.8. The smallest absolute Gasteiger partial charge is 0.222 e. The van der Waals surface area contributed by atoms with Crippen LogP contribution in [0.15, 0.2) is 53.7 Å². The Labute approximate surface area is 164 Å². The Morgan fingerprint density at radius 3 is 2.67 bits per heavy atom. The predicted molar refractivity (Wildman–Crippen MR) is 106 cm³/mol. The lowest BCUT2D eigenvalue weighted by Crippen LogP contribution is -2.37. The van der Waals surface area contributed by atoms with E-state index in [-0.39, 0.29) is 12.0 Å². The van der Waals surface area contributed by atoms with Crippen molar-refractivity contribution in [3.63, 3.8) is 0 Å². The summed E-state index contributed by atoms with van der Waals surface area (Å²) in [6.07, 6.45) is 0.922. The quantitative estimate of drug-likeness (QED) is 0.713. The summed E-state index contributed by atoms with van der Waals surface area (Å²) in [6, 6.07) is 15.3. The van der Waals surface area contributed by atoms with Crippen molar-refractivity contribution in [3.8, 4) is 5.75 Å². The van der Waals surface area contributed by atoms with E-state index in [0.29, 0.717) is 31.0 Å². The number of rotatable bonds is 7. The van der Waals surface area contributed by atoms with Crippen molar-refractivity contribution in [2.24, 2.45) is 5.16 Å². The highest BCUT2D eigenvalue weighted by Crippen LogP contribution is 2.22. The van der Waals surface area contributed by atoms with Gasteiger partial charge in [0.15, 0.2) is 6.10 Å². The molecule has 0 N–H and O–H groups in total. The van der Waals surface area contributed by atoms with Gasteiger partial charge in [-0.25, -0.2) is 0 Å². The first-order valence-electron chi connectivity index (χ1n) is 8.99. The molecule has 0 spiro atoms. The molecule has 0 aromatic heterocycles. The standard InChI is InChI=1S/C21H23ClN2O3/c1-3-21(25)24(13-16-6-4-5-7-19(16)22)14-18-12-20(23-27-18)15-8-10-17(26-2)11-9-15/h4-11,18H,3,12-14H2,1-2H3/t18-/m0/s1. The molecule has 1 aliphatic heterocycles. The van der Waals surface area contributed by atoms with Gasteiger partial charge < -0.3 is 14.5 Å². The summed E-state index contributed by atoms with van der Waals surface area (Å²) in [5.41, 5.74) is 2.80. The SMILES string of the molecule is CCC(=O)N(Cc1ccccc1Cl)C[C@@H]1CC(c2ccc(OC)cc2)=NO1. The number of benzene rings is 2. The molecule has 6 heteroatoms. The van der Waals surface area contributed by atoms with E-state index in [1.54, 1.807) is 12.0 Å². The molecule has 2 aromatic carbocycles. The molecule has 1 aliphatic rings. The van der Waals surface area contributed by atoms with Gasteiger partial charge in [0.05, 0.1) is 19.4 Å². The van der Waals surface area contributed by atoms with Gasteiger partial charge in [0.2, 0.25) is 5.91 Å². The molecule has 1 amide bonds. The molecule has 1 atom stereocenters. The van der Waals surface area contributed by atoms with Crippen LogP contribution in [0.5, 0.6) is 5.75 Å². The number of nitrogens with zero attached hydrogens (tertiary/aromatic N) is 2. The lowest BCUT2D eigenvalue weighted by atomic mass is 10.0. The Kier molecular flexibility index (Phi) is 6.35. The van der Waals surface area contributed by atoms with Crippen molar-refractivity contribution >= 4 is 23.2 Å². The molecule has 5 nitrogen and oxygen atoms in total. The van der Waals surface area contributed by atoms with Crippen LogP contribution in [0, 0.1) is 0 Å². The lowest BCUT2D eigenvalue weighted by molar-refractivity contribution is -0.133. The Bertz CT molecular complexity index is 820. The van der Waals surface area contributed by atoms with Gasteiger partial charge in [-0.1, -0.05) is 41.9 Å². The monoisotopic (exact) mass is 386 g/mol. The van der Waals surface area contributed by atoms with Crippen molar-refractivity contribution in [3.05, 3.63) is 64.7 Å². The summed E-state index contributed by atoms with van der Waals surface area (Å²) >= 11 is 6.26. The maximum atomic E-state index is 12.4. The molecule has 2 aromatic rings. The summed E-state index contributed by atoms with van der Waals surface area (Å²) in [5, 5.41) is 4.88. The van der Waals surface area contributed by atoms with Crippen molar-refractivity contribution in [1.82, 2.24) is 4.90 Å². The van der Waals surface area contributed by atoms with Gasteiger partial charge >= 0.3 is 0 Å². The molecule has 0 aliphatic carbocycles. The van der Waals surface area contributed by atoms with Crippen molar-refractivity contribution in [2.45, 2.75) is 32.4 Å². The minimum atomic E-state index is -0.167. The highest BCUT2D eigenvalue weighted by atomic mass is 35.5. The lowest BCUT2D eigenvalue weighted by Gasteiger charge is -2.25. The van der Waals surface area contributed by atoms with E-state index < -0.39 is 0 Å². The second-order valence-corrected chi connectivity index (χ2v) is 6.82. The molecule has 0 bridgehead atoms. The zero-order valence-corrected chi connectivity index (χ0v) is 16.3. The van der Waals surface area contributed by atoms with E-state index in [2.05, 4.69) is 5.16 Å². The average molecular weight is 387 g/mol. The van der Waals surface area contributed by atoms with E-state index in [9.17, 15) is 4.79 Å². The average Bonchev–Trinajstić information content (AvgIpc) is 3.17. The fourth-order valence-electron chi connectivity index (χ4n) is 3.04. The van der Waals surface area contributed by atoms with Crippen LogP contribution in [-0.4, -0.2) is 36.3 Å². The Morgan fingerprint density at radius 2 is 2.00 bits per heavy atom. The third-order valence-corrected chi connectivity index (χ3v) is 4.92. The highest BCUT2D eigenvalue weighted by Gasteiger charge is 2.26. The van der Waals surface area contributed by atoms with Crippen LogP contribution in [0.2, 0.25) is 5.02 Å². The van der Waals surface area contributed by atoms with Gasteiger partial charge in [-0.15, -0.1) is 0 Å². The Morgan fingerprint density at radius 1 is 1.26 bits per heavy atom. The fraction of sp³-hybridized carbons (Fsp3) is 0.333. The summed E-state index contributed by atoms with van der Waals surface area (Å²) in [6.45, 7) is 2.79. The number of amides is 1. The molecule has 0 fully saturated rings. The fourth-order valence-corrected chi connectivity index (χ4v) is 3.23. The van der Waals surface area contributed by atoms with Crippen molar-refractivity contribution < 1.29 is 14.4 Å². The molecule has 0 saturated heterocycles. The topological polar surface area (TPSA) is 51.1 Å². The van der Waals surface area contributed by atoms with Crippen molar-refractivity contribution in [2.75, 3.05) is 13.7 Å². The minimum Gasteiger partial charge on any atom is -0.497 e. The van der Waals surface area contributed by atoms with E-state index in [1.165, 1.54) is 0 Å². The Balaban J connectivity index is 1.65. The van der Waals surface area contributed by atoms with E-state index in [1.807, 2.05) is 55.5 Å². The number of carbonyl (C=O) groups is 1. The second-order valence-electron chi connectivity index (χ2n) is 6.42. The number of ether oxygens (including phenoxy) is 1. The first kappa shape index (κ1) is 19.2. The maximum absolute atomic E-state index is 12.4. The molecule has 0 radical (unpaired) electrons. The predicted octanol–water partition coefficient (Wildman–Crippen LogP) is 4.28. The molecule has 0 unspecified atom stereocenters. The van der Waals surface area contributed by atoms with Crippen LogP contribution in [0.4, 0.5) is 0 Å². The molecule has 1 heterocycles. The van der Waals surface area contributed by atoms with Gasteiger partial charge in [0.1, 0.15) is 5.75 Å². The third kappa shape index (κ3) is 4.80. The molecular formula is C21H23ClN2O3. The van der Waals surface area contributed by atoms with Gasteiger partial charge in [0.25, 0.3) is 0 Å². The van der Waals surface area contributed by atoms with Gasteiger partial charge in [-0.05, 0) is 41.5 Å². The van der Waals surface area contributed by atoms with Gasteiger partial charge in [0, 0.05) is 24.4 Å². The second kappa shape index (κ2) is 8.91. The summed E-state index contributed by atoms with van der Waals surface area (Å²) in [7, 11) is 1.64. The maximum Gasteiger partial charge on any atom is 0.222 e. The molecule has 142 valence electrons. The van der Waals surface area contributed by atoms with Gasteiger partial charge in [-0.2, -0.15) is 0 Å². The minimum absolute atomic E-state index is 0.0661. The first-order chi connectivity index (χ1) is 13.1. The van der Waals surface area contributed by atoms with Crippen LogP contribution in [-0.2, 0) is 16.2 Å². The first-order valence-corrected chi connectivity index (χ1v) is 9.36. The number of hydrogen-bond donors (Lipinski definition) is 0. The number of hydrogen-bond acceptors (Lipinski definition) is 4. The molecule has 27 heavy (non-hydrogen) atoms. The number of oxime groups is 1. The van der Waals surface area contributed by atoms with Crippen molar-refractivity contribution in [1.29, 1.82) is 0 Å². The molecule has 3 rings (SSSR count). The zero-order chi connectivity index (χ0) is 19.2. The normalized spacial score (nSPS) is 15.8. The number of carbonyl (C=O) groups excluding carboxylic acids is 1. The van der Waals surface area contributed by atoms with Crippen LogP contribution >= 0.6 is 11.6 Å². The van der Waals surface area contributed by atoms with Crippen LogP contribution in [0.1, 0.15) is 30.9 Å². The van der Waals surface area contributed by atoms with Gasteiger partial charge in [-0.3, -0.25) is 4.79 Å². The zero-order valence-electron chi connectivity index (χ0n) is 15.5. The molecular weight excluding hydrogens is 364 g/mol. The number of halogens is 1.